The van der Waals surface area contributed by atoms with Gasteiger partial charge >= 0.3 is 0 Å². The number of halogens is 1. The molecule has 0 aliphatic heterocycles. The van der Waals surface area contributed by atoms with Crippen molar-refractivity contribution in [1.29, 1.82) is 0 Å². The molecule has 0 radical (unpaired) electrons. The zero-order chi connectivity index (χ0) is 10.1. The number of carbonyl (C=O) groups excluding carboxylic acids is 1. The number of aromatic nitrogens is 1. The van der Waals surface area contributed by atoms with Crippen LogP contribution in [-0.2, 0) is 0 Å². The standard InChI is InChI=1S/C10H12ClNO/c1-10(2,3)9(13)8-7(11)5-4-6-12-8/h4-6H,1-3H3. The first-order valence-electron chi connectivity index (χ1n) is 4.08. The van der Waals surface area contributed by atoms with Gasteiger partial charge in [-0.2, -0.15) is 0 Å². The van der Waals surface area contributed by atoms with E-state index < -0.39 is 5.41 Å². The maximum absolute atomic E-state index is 11.7. The van der Waals surface area contributed by atoms with Gasteiger partial charge in [-0.1, -0.05) is 32.4 Å². The Morgan fingerprint density at radius 3 is 2.54 bits per heavy atom. The Bertz CT molecular complexity index is 328. The van der Waals surface area contributed by atoms with Gasteiger partial charge in [0.15, 0.2) is 5.78 Å². The fourth-order valence-electron chi connectivity index (χ4n) is 0.908. The van der Waals surface area contributed by atoms with Crippen LogP contribution >= 0.6 is 11.6 Å². The molecule has 0 atom stereocenters. The summed E-state index contributed by atoms with van der Waals surface area (Å²) in [6, 6.07) is 3.38. The SMILES string of the molecule is CC(C)(C)C(=O)c1ncccc1Cl. The molecule has 1 rings (SSSR count). The van der Waals surface area contributed by atoms with Crippen molar-refractivity contribution in [2.45, 2.75) is 20.8 Å². The number of carbonyl (C=O) groups is 1. The summed E-state index contributed by atoms with van der Waals surface area (Å²) in [5.74, 6) is -0.0295. The summed E-state index contributed by atoms with van der Waals surface area (Å²) in [5.41, 5.74) is -0.0745. The van der Waals surface area contributed by atoms with Crippen LogP contribution in [0.4, 0.5) is 0 Å². The lowest BCUT2D eigenvalue weighted by Gasteiger charge is -2.16. The zero-order valence-electron chi connectivity index (χ0n) is 7.97. The number of hydrogen-bond donors (Lipinski definition) is 0. The van der Waals surface area contributed by atoms with E-state index in [0.29, 0.717) is 10.7 Å². The van der Waals surface area contributed by atoms with Crippen molar-refractivity contribution in [2.24, 2.45) is 5.41 Å². The Hall–Kier alpha value is -0.890. The van der Waals surface area contributed by atoms with Gasteiger partial charge in [0.1, 0.15) is 5.69 Å². The van der Waals surface area contributed by atoms with E-state index in [2.05, 4.69) is 4.98 Å². The average molecular weight is 198 g/mol. The lowest BCUT2D eigenvalue weighted by atomic mass is 9.89. The van der Waals surface area contributed by atoms with E-state index >= 15 is 0 Å². The Morgan fingerprint density at radius 2 is 2.08 bits per heavy atom. The van der Waals surface area contributed by atoms with Crippen LogP contribution in [0, 0.1) is 5.41 Å². The molecule has 1 heterocycles. The van der Waals surface area contributed by atoms with Gasteiger partial charge in [0.05, 0.1) is 5.02 Å². The van der Waals surface area contributed by atoms with Crippen molar-refractivity contribution in [3.8, 4) is 0 Å². The van der Waals surface area contributed by atoms with Crippen LogP contribution in [0.1, 0.15) is 31.3 Å². The molecule has 0 spiro atoms. The van der Waals surface area contributed by atoms with Gasteiger partial charge in [0.2, 0.25) is 0 Å². The van der Waals surface area contributed by atoms with Crippen LogP contribution in [0.2, 0.25) is 5.02 Å². The molecule has 0 saturated heterocycles. The Morgan fingerprint density at radius 1 is 1.46 bits per heavy atom. The summed E-state index contributed by atoms with van der Waals surface area (Å²) in [6.45, 7) is 5.54. The van der Waals surface area contributed by atoms with E-state index in [1.165, 1.54) is 0 Å². The summed E-state index contributed by atoms with van der Waals surface area (Å²) in [6.07, 6.45) is 1.57. The summed E-state index contributed by atoms with van der Waals surface area (Å²) in [7, 11) is 0. The molecule has 1 aromatic heterocycles. The third kappa shape index (κ3) is 2.28. The highest BCUT2D eigenvalue weighted by Crippen LogP contribution is 2.23. The second kappa shape index (κ2) is 3.46. The number of nitrogens with zero attached hydrogens (tertiary/aromatic N) is 1. The molecular weight excluding hydrogens is 186 g/mol. The number of pyridine rings is 1. The molecule has 0 bridgehead atoms. The highest BCUT2D eigenvalue weighted by Gasteiger charge is 2.25. The summed E-state index contributed by atoms with van der Waals surface area (Å²) in [4.78, 5) is 15.7. The van der Waals surface area contributed by atoms with Gasteiger partial charge in [-0.15, -0.1) is 0 Å². The van der Waals surface area contributed by atoms with Crippen molar-refractivity contribution in [3.63, 3.8) is 0 Å². The van der Waals surface area contributed by atoms with Gasteiger partial charge in [0.25, 0.3) is 0 Å². The maximum Gasteiger partial charge on any atom is 0.187 e. The van der Waals surface area contributed by atoms with E-state index in [1.807, 2.05) is 20.8 Å². The lowest BCUT2D eigenvalue weighted by molar-refractivity contribution is 0.0853. The maximum atomic E-state index is 11.7. The minimum absolute atomic E-state index is 0.0295. The van der Waals surface area contributed by atoms with Crippen LogP contribution in [0.3, 0.4) is 0 Å². The summed E-state index contributed by atoms with van der Waals surface area (Å²) >= 11 is 5.84. The van der Waals surface area contributed by atoms with Gasteiger partial charge in [0, 0.05) is 11.6 Å². The normalized spacial score (nSPS) is 11.4. The Balaban J connectivity index is 3.10. The molecule has 0 aromatic carbocycles. The number of Topliss-reactive ketones (excluding diaryl/α,β-unsaturated/α-hetero) is 1. The van der Waals surface area contributed by atoms with E-state index in [0.717, 1.165) is 0 Å². The molecule has 0 fully saturated rings. The highest BCUT2D eigenvalue weighted by molar-refractivity contribution is 6.33. The van der Waals surface area contributed by atoms with E-state index in [4.69, 9.17) is 11.6 Å². The van der Waals surface area contributed by atoms with Crippen LogP contribution < -0.4 is 0 Å². The fourth-order valence-corrected chi connectivity index (χ4v) is 1.12. The summed E-state index contributed by atoms with van der Waals surface area (Å²) in [5, 5.41) is 0.419. The fraction of sp³-hybridized carbons (Fsp3) is 0.400. The van der Waals surface area contributed by atoms with Crippen molar-refractivity contribution in [3.05, 3.63) is 29.0 Å². The molecule has 0 unspecified atom stereocenters. The Kier molecular flexibility index (Phi) is 2.71. The molecule has 0 aliphatic carbocycles. The molecule has 70 valence electrons. The molecule has 0 saturated carbocycles. The van der Waals surface area contributed by atoms with Crippen LogP contribution in [0.5, 0.6) is 0 Å². The molecule has 1 aromatic rings. The van der Waals surface area contributed by atoms with E-state index in [9.17, 15) is 4.79 Å². The molecule has 0 amide bonds. The van der Waals surface area contributed by atoms with Crippen LogP contribution in [0.25, 0.3) is 0 Å². The number of rotatable bonds is 1. The van der Waals surface area contributed by atoms with Crippen LogP contribution in [-0.4, -0.2) is 10.8 Å². The largest absolute Gasteiger partial charge is 0.292 e. The monoisotopic (exact) mass is 197 g/mol. The smallest absolute Gasteiger partial charge is 0.187 e. The molecule has 13 heavy (non-hydrogen) atoms. The lowest BCUT2D eigenvalue weighted by Crippen LogP contribution is -2.21. The second-order valence-electron chi connectivity index (χ2n) is 3.91. The summed E-state index contributed by atoms with van der Waals surface area (Å²) < 4.78 is 0. The first-order chi connectivity index (χ1) is 5.93. The quantitative estimate of drug-likeness (QED) is 0.648. The predicted molar refractivity (Wildman–Crippen MR) is 53.0 cm³/mol. The van der Waals surface area contributed by atoms with E-state index in [-0.39, 0.29) is 5.78 Å². The van der Waals surface area contributed by atoms with Crippen molar-refractivity contribution >= 4 is 17.4 Å². The van der Waals surface area contributed by atoms with E-state index in [1.54, 1.807) is 18.3 Å². The second-order valence-corrected chi connectivity index (χ2v) is 4.32. The van der Waals surface area contributed by atoms with Crippen LogP contribution in [0.15, 0.2) is 18.3 Å². The Labute approximate surface area is 82.9 Å². The molecule has 2 nitrogen and oxygen atoms in total. The van der Waals surface area contributed by atoms with Crippen molar-refractivity contribution < 1.29 is 4.79 Å². The topological polar surface area (TPSA) is 30.0 Å². The molecule has 3 heteroatoms. The minimum Gasteiger partial charge on any atom is -0.292 e. The van der Waals surface area contributed by atoms with Crippen molar-refractivity contribution in [2.75, 3.05) is 0 Å². The first-order valence-corrected chi connectivity index (χ1v) is 4.46. The third-order valence-electron chi connectivity index (χ3n) is 1.65. The van der Waals surface area contributed by atoms with Gasteiger partial charge in [-0.25, -0.2) is 0 Å². The predicted octanol–water partition coefficient (Wildman–Crippen LogP) is 2.96. The van der Waals surface area contributed by atoms with Gasteiger partial charge < -0.3 is 0 Å². The molecule has 0 N–H and O–H groups in total. The first kappa shape index (κ1) is 10.2. The van der Waals surface area contributed by atoms with Gasteiger partial charge in [-0.3, -0.25) is 9.78 Å². The average Bonchev–Trinajstić information content (AvgIpc) is 2.02. The highest BCUT2D eigenvalue weighted by atomic mass is 35.5. The molecule has 0 aliphatic rings. The number of hydrogen-bond acceptors (Lipinski definition) is 2. The zero-order valence-corrected chi connectivity index (χ0v) is 8.72. The molecular formula is C10H12ClNO. The number of ketones is 1. The van der Waals surface area contributed by atoms with Crippen molar-refractivity contribution in [1.82, 2.24) is 4.98 Å². The van der Waals surface area contributed by atoms with Gasteiger partial charge in [-0.05, 0) is 12.1 Å². The minimum atomic E-state index is -0.433. The third-order valence-corrected chi connectivity index (χ3v) is 1.96.